The SMILES string of the molecule is C=CC/C=C(\Br)CCC. The molecule has 0 heterocycles. The minimum Gasteiger partial charge on any atom is -0.103 e. The Bertz CT molecular complexity index is 103. The van der Waals surface area contributed by atoms with Crippen LogP contribution < -0.4 is 0 Å². The number of halogens is 1. The molecule has 0 N–H and O–H groups in total. The zero-order valence-electron chi connectivity index (χ0n) is 5.86. The third kappa shape index (κ3) is 5.84. The van der Waals surface area contributed by atoms with Crippen LogP contribution in [0.5, 0.6) is 0 Å². The highest BCUT2D eigenvalue weighted by Crippen LogP contribution is 2.12. The maximum absolute atomic E-state index is 3.63. The second-order valence-electron chi connectivity index (χ2n) is 1.93. The molecule has 9 heavy (non-hydrogen) atoms. The zero-order chi connectivity index (χ0) is 7.11. The average Bonchev–Trinajstić information content (AvgIpc) is 1.85. The van der Waals surface area contributed by atoms with Crippen LogP contribution in [0.15, 0.2) is 23.2 Å². The summed E-state index contributed by atoms with van der Waals surface area (Å²) in [6, 6.07) is 0. The molecule has 0 aliphatic heterocycles. The first-order valence-electron chi connectivity index (χ1n) is 3.26. The third-order valence-electron chi connectivity index (χ3n) is 0.995. The van der Waals surface area contributed by atoms with E-state index in [1.165, 1.54) is 10.9 Å². The minimum absolute atomic E-state index is 0.973. The van der Waals surface area contributed by atoms with Gasteiger partial charge in [0.2, 0.25) is 0 Å². The summed E-state index contributed by atoms with van der Waals surface area (Å²) >= 11 is 3.45. The Labute approximate surface area is 65.8 Å². The van der Waals surface area contributed by atoms with Crippen LogP contribution in [-0.2, 0) is 0 Å². The van der Waals surface area contributed by atoms with Crippen LogP contribution in [0.3, 0.4) is 0 Å². The van der Waals surface area contributed by atoms with Crippen molar-refractivity contribution < 1.29 is 0 Å². The summed E-state index contributed by atoms with van der Waals surface area (Å²) in [7, 11) is 0. The standard InChI is InChI=1S/C8H13Br/c1-3-5-7-8(9)6-4-2/h3,7H,1,4-6H2,2H3/b8-7-. The van der Waals surface area contributed by atoms with E-state index in [0.717, 1.165) is 12.8 Å². The fourth-order valence-electron chi connectivity index (χ4n) is 0.552. The summed E-state index contributed by atoms with van der Waals surface area (Å²) in [6.45, 7) is 5.80. The first-order chi connectivity index (χ1) is 4.31. The van der Waals surface area contributed by atoms with Crippen LogP contribution in [0.4, 0.5) is 0 Å². The van der Waals surface area contributed by atoms with E-state index in [4.69, 9.17) is 0 Å². The van der Waals surface area contributed by atoms with Crippen molar-refractivity contribution in [3.8, 4) is 0 Å². The van der Waals surface area contributed by atoms with Crippen molar-refractivity contribution in [3.63, 3.8) is 0 Å². The lowest BCUT2D eigenvalue weighted by Crippen LogP contribution is -1.69. The quantitative estimate of drug-likeness (QED) is 0.592. The fourth-order valence-corrected chi connectivity index (χ4v) is 1.14. The molecule has 0 unspecified atom stereocenters. The molecular weight excluding hydrogens is 176 g/mol. The summed E-state index contributed by atoms with van der Waals surface area (Å²) in [5, 5.41) is 0. The van der Waals surface area contributed by atoms with Crippen molar-refractivity contribution in [1.29, 1.82) is 0 Å². The fraction of sp³-hybridized carbons (Fsp3) is 0.500. The smallest absolute Gasteiger partial charge is 0.00862 e. The Morgan fingerprint density at radius 3 is 2.78 bits per heavy atom. The van der Waals surface area contributed by atoms with Crippen molar-refractivity contribution in [2.45, 2.75) is 26.2 Å². The Hall–Kier alpha value is -0.0400. The van der Waals surface area contributed by atoms with Gasteiger partial charge in [-0.1, -0.05) is 41.4 Å². The maximum atomic E-state index is 3.63. The Balaban J connectivity index is 3.42. The number of hydrogen-bond acceptors (Lipinski definition) is 0. The normalized spacial score (nSPS) is 11.6. The molecule has 0 atom stereocenters. The summed E-state index contributed by atoms with van der Waals surface area (Å²) in [5.41, 5.74) is 0. The van der Waals surface area contributed by atoms with Gasteiger partial charge in [0.25, 0.3) is 0 Å². The molecule has 0 saturated carbocycles. The molecule has 0 rings (SSSR count). The van der Waals surface area contributed by atoms with Crippen LogP contribution in [-0.4, -0.2) is 0 Å². The number of rotatable bonds is 4. The van der Waals surface area contributed by atoms with Gasteiger partial charge < -0.3 is 0 Å². The molecule has 0 aliphatic carbocycles. The minimum atomic E-state index is 0.973. The molecule has 0 aliphatic rings. The van der Waals surface area contributed by atoms with Gasteiger partial charge >= 0.3 is 0 Å². The molecule has 1 heteroatoms. The monoisotopic (exact) mass is 188 g/mol. The lowest BCUT2D eigenvalue weighted by atomic mass is 10.3. The van der Waals surface area contributed by atoms with Crippen molar-refractivity contribution in [2.24, 2.45) is 0 Å². The molecule has 0 bridgehead atoms. The van der Waals surface area contributed by atoms with Crippen molar-refractivity contribution in [3.05, 3.63) is 23.2 Å². The maximum Gasteiger partial charge on any atom is -0.00862 e. The van der Waals surface area contributed by atoms with E-state index in [1.54, 1.807) is 0 Å². The highest BCUT2D eigenvalue weighted by Gasteiger charge is 1.85. The van der Waals surface area contributed by atoms with Crippen molar-refractivity contribution in [1.82, 2.24) is 0 Å². The highest BCUT2D eigenvalue weighted by molar-refractivity contribution is 9.11. The molecule has 0 radical (unpaired) electrons. The summed E-state index contributed by atoms with van der Waals surface area (Å²) in [5.74, 6) is 0. The predicted molar refractivity (Wildman–Crippen MR) is 46.7 cm³/mol. The molecule has 0 fully saturated rings. The van der Waals surface area contributed by atoms with Gasteiger partial charge in [0.05, 0.1) is 0 Å². The number of allylic oxidation sites excluding steroid dienone is 3. The molecule has 0 aromatic rings. The van der Waals surface area contributed by atoms with Crippen LogP contribution in [0, 0.1) is 0 Å². The molecule has 0 saturated heterocycles. The van der Waals surface area contributed by atoms with E-state index in [-0.39, 0.29) is 0 Å². The lowest BCUT2D eigenvalue weighted by molar-refractivity contribution is 0.946. The van der Waals surface area contributed by atoms with Gasteiger partial charge in [-0.2, -0.15) is 0 Å². The summed E-state index contributed by atoms with van der Waals surface area (Å²) in [6.07, 6.45) is 7.37. The van der Waals surface area contributed by atoms with Gasteiger partial charge in [-0.3, -0.25) is 0 Å². The number of hydrogen-bond donors (Lipinski definition) is 0. The lowest BCUT2D eigenvalue weighted by Gasteiger charge is -1.91. The first kappa shape index (κ1) is 8.96. The van der Waals surface area contributed by atoms with E-state index in [0.29, 0.717) is 0 Å². The molecule has 52 valence electrons. The van der Waals surface area contributed by atoms with Gasteiger partial charge in [0.15, 0.2) is 0 Å². The average molecular weight is 189 g/mol. The van der Waals surface area contributed by atoms with Crippen molar-refractivity contribution in [2.75, 3.05) is 0 Å². The third-order valence-corrected chi connectivity index (χ3v) is 1.72. The summed E-state index contributed by atoms with van der Waals surface area (Å²) < 4.78 is 1.30. The second-order valence-corrected chi connectivity index (χ2v) is 2.94. The van der Waals surface area contributed by atoms with E-state index >= 15 is 0 Å². The van der Waals surface area contributed by atoms with Gasteiger partial charge in [0.1, 0.15) is 0 Å². The Morgan fingerprint density at radius 2 is 2.33 bits per heavy atom. The molecular formula is C8H13Br. The van der Waals surface area contributed by atoms with Gasteiger partial charge in [-0.25, -0.2) is 0 Å². The predicted octanol–water partition coefficient (Wildman–Crippen LogP) is 3.64. The van der Waals surface area contributed by atoms with Crippen LogP contribution in [0.25, 0.3) is 0 Å². The van der Waals surface area contributed by atoms with E-state index in [9.17, 15) is 0 Å². The zero-order valence-corrected chi connectivity index (χ0v) is 7.45. The molecule has 0 spiro atoms. The largest absolute Gasteiger partial charge is 0.103 e. The Kier molecular flexibility index (Phi) is 6.06. The van der Waals surface area contributed by atoms with Crippen molar-refractivity contribution >= 4 is 15.9 Å². The van der Waals surface area contributed by atoms with E-state index < -0.39 is 0 Å². The van der Waals surface area contributed by atoms with Crippen LogP contribution in [0.1, 0.15) is 26.2 Å². The highest BCUT2D eigenvalue weighted by atomic mass is 79.9. The van der Waals surface area contributed by atoms with E-state index in [1.807, 2.05) is 6.08 Å². The molecule has 0 aromatic carbocycles. The Morgan fingerprint density at radius 1 is 1.67 bits per heavy atom. The van der Waals surface area contributed by atoms with Gasteiger partial charge in [-0.05, 0) is 17.3 Å². The summed E-state index contributed by atoms with van der Waals surface area (Å²) in [4.78, 5) is 0. The molecule has 0 amide bonds. The van der Waals surface area contributed by atoms with Gasteiger partial charge in [0, 0.05) is 0 Å². The second kappa shape index (κ2) is 6.09. The topological polar surface area (TPSA) is 0 Å². The van der Waals surface area contributed by atoms with Crippen LogP contribution in [0.2, 0.25) is 0 Å². The molecule has 0 aromatic heterocycles. The molecule has 0 nitrogen and oxygen atoms in total. The first-order valence-corrected chi connectivity index (χ1v) is 4.06. The van der Waals surface area contributed by atoms with E-state index in [2.05, 4.69) is 35.5 Å². The van der Waals surface area contributed by atoms with Gasteiger partial charge in [-0.15, -0.1) is 6.58 Å². The van der Waals surface area contributed by atoms with Crippen LogP contribution >= 0.6 is 15.9 Å².